The number of amides is 1. The quantitative estimate of drug-likeness (QED) is 0.849. The van der Waals surface area contributed by atoms with Gasteiger partial charge in [0.15, 0.2) is 0 Å². The molecule has 0 aliphatic heterocycles. The Balaban J connectivity index is 1.87. The molecule has 1 amide bonds. The third-order valence-corrected chi connectivity index (χ3v) is 4.56. The Kier molecular flexibility index (Phi) is 6.25. The van der Waals surface area contributed by atoms with E-state index >= 15 is 0 Å². The number of carbonyl (C=O) groups excluding carboxylic acids is 1. The number of hydrogen-bond donors (Lipinski definition) is 2. The normalized spacial score (nSPS) is 21.4. The molecule has 1 aliphatic rings. The summed E-state index contributed by atoms with van der Waals surface area (Å²) in [7, 11) is 0. The molecule has 0 spiro atoms. The molecule has 0 heterocycles. The minimum absolute atomic E-state index is 0.0221. The molecule has 0 aromatic heterocycles. The molecule has 0 radical (unpaired) electrons. The molecule has 1 aliphatic carbocycles. The van der Waals surface area contributed by atoms with Crippen molar-refractivity contribution in [2.45, 2.75) is 45.6 Å². The van der Waals surface area contributed by atoms with Gasteiger partial charge in [-0.15, -0.1) is 0 Å². The zero-order valence-electron chi connectivity index (χ0n) is 13.7. The summed E-state index contributed by atoms with van der Waals surface area (Å²) in [6.07, 6.45) is 3.67. The number of aliphatic hydroxyl groups excluding tert-OH is 1. The van der Waals surface area contributed by atoms with Crippen LogP contribution in [0.25, 0.3) is 0 Å². The van der Waals surface area contributed by atoms with Gasteiger partial charge in [0, 0.05) is 30.9 Å². The van der Waals surface area contributed by atoms with Crippen molar-refractivity contribution in [2.24, 2.45) is 5.92 Å². The molecule has 1 aromatic rings. The summed E-state index contributed by atoms with van der Waals surface area (Å²) in [5, 5.41) is 12.7. The number of benzene rings is 1. The number of rotatable bonds is 6. The maximum atomic E-state index is 12.2. The van der Waals surface area contributed by atoms with Crippen molar-refractivity contribution in [2.75, 3.05) is 24.5 Å². The van der Waals surface area contributed by atoms with Crippen molar-refractivity contribution in [3.05, 3.63) is 29.8 Å². The fourth-order valence-electron chi connectivity index (χ4n) is 3.20. The number of nitrogens with one attached hydrogen (secondary N) is 1. The zero-order valence-corrected chi connectivity index (χ0v) is 13.7. The fraction of sp³-hybridized carbons (Fsp3) is 0.611. The van der Waals surface area contributed by atoms with Crippen LogP contribution in [0.5, 0.6) is 0 Å². The number of hydrogen-bond acceptors (Lipinski definition) is 3. The van der Waals surface area contributed by atoms with Gasteiger partial charge < -0.3 is 15.3 Å². The van der Waals surface area contributed by atoms with Crippen LogP contribution < -0.4 is 10.2 Å². The van der Waals surface area contributed by atoms with Crippen LogP contribution in [0.1, 0.15) is 49.9 Å². The van der Waals surface area contributed by atoms with Gasteiger partial charge in [0.05, 0.1) is 6.10 Å². The molecule has 2 N–H and O–H groups in total. The van der Waals surface area contributed by atoms with Crippen LogP contribution in [0.4, 0.5) is 5.69 Å². The molecule has 4 nitrogen and oxygen atoms in total. The second-order valence-electron chi connectivity index (χ2n) is 6.12. The Labute approximate surface area is 133 Å². The first-order valence-corrected chi connectivity index (χ1v) is 8.45. The van der Waals surface area contributed by atoms with Crippen LogP contribution in [0.3, 0.4) is 0 Å². The van der Waals surface area contributed by atoms with Crippen molar-refractivity contribution in [3.8, 4) is 0 Å². The summed E-state index contributed by atoms with van der Waals surface area (Å²) in [6.45, 7) is 6.84. The summed E-state index contributed by atoms with van der Waals surface area (Å²) in [5.41, 5.74) is 1.85. The second kappa shape index (κ2) is 8.18. The molecule has 4 heteroatoms. The van der Waals surface area contributed by atoms with Crippen LogP contribution in [0.15, 0.2) is 24.3 Å². The average molecular weight is 304 g/mol. The Morgan fingerprint density at radius 3 is 2.50 bits per heavy atom. The van der Waals surface area contributed by atoms with Crippen molar-refractivity contribution in [3.63, 3.8) is 0 Å². The lowest BCUT2D eigenvalue weighted by molar-refractivity contribution is 0.0874. The van der Waals surface area contributed by atoms with E-state index in [1.165, 1.54) is 0 Å². The zero-order chi connectivity index (χ0) is 15.9. The highest BCUT2D eigenvalue weighted by Gasteiger charge is 2.20. The molecule has 2 atom stereocenters. The molecule has 0 bridgehead atoms. The third kappa shape index (κ3) is 4.47. The predicted molar refractivity (Wildman–Crippen MR) is 90.3 cm³/mol. The maximum Gasteiger partial charge on any atom is 0.251 e. The van der Waals surface area contributed by atoms with Gasteiger partial charge >= 0.3 is 0 Å². The van der Waals surface area contributed by atoms with Gasteiger partial charge in [-0.2, -0.15) is 0 Å². The summed E-state index contributed by atoms with van der Waals surface area (Å²) < 4.78 is 0. The van der Waals surface area contributed by atoms with E-state index in [2.05, 4.69) is 24.1 Å². The highest BCUT2D eigenvalue weighted by molar-refractivity contribution is 5.94. The first-order valence-electron chi connectivity index (χ1n) is 8.45. The van der Waals surface area contributed by atoms with E-state index in [9.17, 15) is 9.90 Å². The number of aliphatic hydroxyl groups is 1. The molecule has 1 fully saturated rings. The van der Waals surface area contributed by atoms with E-state index in [1.54, 1.807) is 0 Å². The fourth-order valence-corrected chi connectivity index (χ4v) is 3.20. The van der Waals surface area contributed by atoms with Crippen LogP contribution in [0, 0.1) is 5.92 Å². The summed E-state index contributed by atoms with van der Waals surface area (Å²) >= 11 is 0. The van der Waals surface area contributed by atoms with Crippen molar-refractivity contribution in [1.82, 2.24) is 5.32 Å². The standard InChI is InChI=1S/C18H28N2O2/c1-3-20(4-2)16-10-8-15(9-11-16)18(22)19-13-14-6-5-7-17(21)12-14/h8-11,14,17,21H,3-7,12-13H2,1-2H3,(H,19,22). The molecule has 122 valence electrons. The first kappa shape index (κ1) is 16.8. The van der Waals surface area contributed by atoms with E-state index < -0.39 is 0 Å². The molecular weight excluding hydrogens is 276 g/mol. The van der Waals surface area contributed by atoms with Gasteiger partial charge in [-0.3, -0.25) is 4.79 Å². The van der Waals surface area contributed by atoms with Crippen molar-refractivity contribution in [1.29, 1.82) is 0 Å². The smallest absolute Gasteiger partial charge is 0.251 e. The van der Waals surface area contributed by atoms with Crippen LogP contribution in [-0.4, -0.2) is 36.8 Å². The Morgan fingerprint density at radius 2 is 1.91 bits per heavy atom. The van der Waals surface area contributed by atoms with Gasteiger partial charge in [0.2, 0.25) is 0 Å². The molecule has 2 rings (SSSR count). The van der Waals surface area contributed by atoms with Gasteiger partial charge in [0.1, 0.15) is 0 Å². The second-order valence-corrected chi connectivity index (χ2v) is 6.12. The van der Waals surface area contributed by atoms with Crippen LogP contribution >= 0.6 is 0 Å². The molecule has 22 heavy (non-hydrogen) atoms. The van der Waals surface area contributed by atoms with E-state index in [1.807, 2.05) is 24.3 Å². The molecule has 1 saturated carbocycles. The van der Waals surface area contributed by atoms with Gasteiger partial charge in [0.25, 0.3) is 5.91 Å². The molecule has 2 unspecified atom stereocenters. The van der Waals surface area contributed by atoms with E-state index in [0.29, 0.717) is 18.0 Å². The Morgan fingerprint density at radius 1 is 1.23 bits per heavy atom. The minimum Gasteiger partial charge on any atom is -0.393 e. The topological polar surface area (TPSA) is 52.6 Å². The lowest BCUT2D eigenvalue weighted by Crippen LogP contribution is -2.33. The first-order chi connectivity index (χ1) is 10.6. The lowest BCUT2D eigenvalue weighted by atomic mass is 9.87. The van der Waals surface area contributed by atoms with Gasteiger partial charge in [-0.1, -0.05) is 6.42 Å². The summed E-state index contributed by atoms with van der Waals surface area (Å²) in [6, 6.07) is 7.79. The minimum atomic E-state index is -0.191. The number of anilines is 1. The number of carbonyl (C=O) groups is 1. The average Bonchev–Trinajstić information content (AvgIpc) is 2.54. The monoisotopic (exact) mass is 304 g/mol. The lowest BCUT2D eigenvalue weighted by Gasteiger charge is -2.26. The number of nitrogens with zero attached hydrogens (tertiary/aromatic N) is 1. The van der Waals surface area contributed by atoms with Crippen LogP contribution in [-0.2, 0) is 0 Å². The van der Waals surface area contributed by atoms with Crippen LogP contribution in [0.2, 0.25) is 0 Å². The third-order valence-electron chi connectivity index (χ3n) is 4.56. The van der Waals surface area contributed by atoms with Crippen molar-refractivity contribution >= 4 is 11.6 Å². The SMILES string of the molecule is CCN(CC)c1ccc(C(=O)NCC2CCCC(O)C2)cc1. The molecule has 0 saturated heterocycles. The summed E-state index contributed by atoms with van der Waals surface area (Å²) in [5.74, 6) is 0.383. The molecule has 1 aromatic carbocycles. The highest BCUT2D eigenvalue weighted by atomic mass is 16.3. The van der Waals surface area contributed by atoms with Crippen molar-refractivity contribution < 1.29 is 9.90 Å². The Bertz CT molecular complexity index is 468. The molecular formula is C18H28N2O2. The van der Waals surface area contributed by atoms with Gasteiger partial charge in [-0.25, -0.2) is 0 Å². The van der Waals surface area contributed by atoms with E-state index in [4.69, 9.17) is 0 Å². The Hall–Kier alpha value is -1.55. The van der Waals surface area contributed by atoms with Gasteiger partial charge in [-0.05, 0) is 63.3 Å². The largest absolute Gasteiger partial charge is 0.393 e. The summed E-state index contributed by atoms with van der Waals surface area (Å²) in [4.78, 5) is 14.5. The van der Waals surface area contributed by atoms with E-state index in [0.717, 1.165) is 44.5 Å². The maximum absolute atomic E-state index is 12.2. The highest BCUT2D eigenvalue weighted by Crippen LogP contribution is 2.23. The predicted octanol–water partition coefficient (Wildman–Crippen LogP) is 2.81. The van der Waals surface area contributed by atoms with E-state index in [-0.39, 0.29) is 12.0 Å².